The molecule has 2 aromatic rings. The average Bonchev–Trinajstić information content (AvgIpc) is 3.04. The largest absolute Gasteiger partial charge is 0.376 e. The summed E-state index contributed by atoms with van der Waals surface area (Å²) in [5.74, 6) is 0.517. The van der Waals surface area contributed by atoms with Crippen LogP contribution in [0.15, 0.2) is 40.9 Å². The summed E-state index contributed by atoms with van der Waals surface area (Å²) in [5.41, 5.74) is 1.74. The lowest BCUT2D eigenvalue weighted by molar-refractivity contribution is -0.157. The van der Waals surface area contributed by atoms with E-state index < -0.39 is 6.10 Å². The predicted molar refractivity (Wildman–Crippen MR) is 79.0 cm³/mol. The predicted octanol–water partition coefficient (Wildman–Crippen LogP) is 1.72. The second kappa shape index (κ2) is 6.72. The van der Waals surface area contributed by atoms with Crippen molar-refractivity contribution in [1.82, 2.24) is 10.1 Å². The molecule has 1 atom stereocenters. The third-order valence-electron chi connectivity index (χ3n) is 3.49. The minimum Gasteiger partial charge on any atom is -0.376 e. The summed E-state index contributed by atoms with van der Waals surface area (Å²) >= 11 is 0. The molecule has 0 spiro atoms. The fourth-order valence-electron chi connectivity index (χ4n) is 2.32. The molecular weight excluding hydrogens is 284 g/mol. The first-order chi connectivity index (χ1) is 10.7. The number of amides is 1. The maximum atomic E-state index is 12.2. The highest BCUT2D eigenvalue weighted by atomic mass is 16.6. The van der Waals surface area contributed by atoms with Gasteiger partial charge < -0.3 is 18.9 Å². The van der Waals surface area contributed by atoms with Crippen LogP contribution in [0, 0.1) is 0 Å². The standard InChI is InChI=1S/C16H18N2O4/c1-18(16(19)15-11-20-7-8-21-15)10-13-9-14(17-22-13)12-5-3-2-4-6-12/h2-6,9,15H,7-8,10-11H2,1H3/t15-/m1/s1. The van der Waals surface area contributed by atoms with Crippen molar-refractivity contribution < 1.29 is 18.8 Å². The van der Waals surface area contributed by atoms with Gasteiger partial charge in [0.25, 0.3) is 5.91 Å². The molecule has 1 saturated heterocycles. The molecule has 1 aliphatic heterocycles. The van der Waals surface area contributed by atoms with E-state index in [-0.39, 0.29) is 5.91 Å². The van der Waals surface area contributed by atoms with Gasteiger partial charge >= 0.3 is 0 Å². The number of aromatic nitrogens is 1. The van der Waals surface area contributed by atoms with Crippen molar-refractivity contribution in [1.29, 1.82) is 0 Å². The molecule has 0 bridgehead atoms. The molecule has 0 radical (unpaired) electrons. The van der Waals surface area contributed by atoms with Gasteiger partial charge in [0.2, 0.25) is 0 Å². The number of nitrogens with zero attached hydrogens (tertiary/aromatic N) is 2. The van der Waals surface area contributed by atoms with Crippen LogP contribution < -0.4 is 0 Å². The first-order valence-corrected chi connectivity index (χ1v) is 7.19. The van der Waals surface area contributed by atoms with Crippen molar-refractivity contribution in [2.24, 2.45) is 0 Å². The normalized spacial score (nSPS) is 18.1. The topological polar surface area (TPSA) is 64.8 Å². The third kappa shape index (κ3) is 3.35. The molecule has 6 nitrogen and oxygen atoms in total. The van der Waals surface area contributed by atoms with Crippen LogP contribution in [-0.2, 0) is 20.8 Å². The van der Waals surface area contributed by atoms with E-state index in [4.69, 9.17) is 14.0 Å². The lowest BCUT2D eigenvalue weighted by Gasteiger charge is -2.26. The van der Waals surface area contributed by atoms with Gasteiger partial charge in [-0.3, -0.25) is 4.79 Å². The zero-order valence-electron chi connectivity index (χ0n) is 12.4. The minimum atomic E-state index is -0.532. The molecule has 0 saturated carbocycles. The van der Waals surface area contributed by atoms with Crippen molar-refractivity contribution >= 4 is 5.91 Å². The summed E-state index contributed by atoms with van der Waals surface area (Å²) in [7, 11) is 1.71. The average molecular weight is 302 g/mol. The van der Waals surface area contributed by atoms with Gasteiger partial charge in [0.15, 0.2) is 11.9 Å². The molecule has 0 N–H and O–H groups in total. The monoisotopic (exact) mass is 302 g/mol. The van der Waals surface area contributed by atoms with E-state index in [2.05, 4.69) is 5.16 Å². The Labute approximate surface area is 128 Å². The smallest absolute Gasteiger partial charge is 0.254 e. The van der Waals surface area contributed by atoms with Crippen molar-refractivity contribution in [3.8, 4) is 11.3 Å². The number of carbonyl (C=O) groups is 1. The van der Waals surface area contributed by atoms with Crippen molar-refractivity contribution in [2.45, 2.75) is 12.6 Å². The molecule has 2 heterocycles. The van der Waals surface area contributed by atoms with Crippen molar-refractivity contribution in [3.63, 3.8) is 0 Å². The van der Waals surface area contributed by atoms with E-state index in [9.17, 15) is 4.79 Å². The summed E-state index contributed by atoms with van der Waals surface area (Å²) in [4.78, 5) is 13.8. The zero-order chi connectivity index (χ0) is 15.4. The molecule has 22 heavy (non-hydrogen) atoms. The number of carbonyl (C=O) groups excluding carboxylic acids is 1. The Morgan fingerprint density at radius 3 is 2.86 bits per heavy atom. The molecule has 3 rings (SSSR count). The molecule has 1 fully saturated rings. The second-order valence-electron chi connectivity index (χ2n) is 5.17. The molecule has 1 amide bonds. The van der Waals surface area contributed by atoms with Crippen LogP contribution in [-0.4, -0.2) is 48.9 Å². The molecule has 6 heteroatoms. The second-order valence-corrected chi connectivity index (χ2v) is 5.17. The summed E-state index contributed by atoms with van der Waals surface area (Å²) in [6.07, 6.45) is -0.532. The minimum absolute atomic E-state index is 0.114. The maximum absolute atomic E-state index is 12.2. The Morgan fingerprint density at radius 1 is 1.32 bits per heavy atom. The van der Waals surface area contributed by atoms with E-state index in [1.54, 1.807) is 11.9 Å². The summed E-state index contributed by atoms with van der Waals surface area (Å²) in [6, 6.07) is 11.6. The van der Waals surface area contributed by atoms with Crippen LogP contribution in [0.1, 0.15) is 5.76 Å². The van der Waals surface area contributed by atoms with E-state index in [0.717, 1.165) is 11.3 Å². The molecule has 116 valence electrons. The van der Waals surface area contributed by atoms with E-state index >= 15 is 0 Å². The zero-order valence-corrected chi connectivity index (χ0v) is 12.4. The highest BCUT2D eigenvalue weighted by molar-refractivity contribution is 5.80. The first-order valence-electron chi connectivity index (χ1n) is 7.19. The Hall–Kier alpha value is -2.18. The number of likely N-dealkylation sites (N-methyl/N-ethyl adjacent to an activating group) is 1. The SMILES string of the molecule is CN(Cc1cc(-c2ccccc2)no1)C(=O)[C@H]1COCCO1. The van der Waals surface area contributed by atoms with E-state index in [0.29, 0.717) is 32.1 Å². The number of benzene rings is 1. The quantitative estimate of drug-likeness (QED) is 0.860. The third-order valence-corrected chi connectivity index (χ3v) is 3.49. The first kappa shape index (κ1) is 14.7. The van der Waals surface area contributed by atoms with Gasteiger partial charge in [-0.1, -0.05) is 35.5 Å². The Morgan fingerprint density at radius 2 is 2.14 bits per heavy atom. The number of hydrogen-bond acceptors (Lipinski definition) is 5. The molecular formula is C16H18N2O4. The van der Waals surface area contributed by atoms with Crippen LogP contribution in [0.25, 0.3) is 11.3 Å². The lowest BCUT2D eigenvalue weighted by atomic mass is 10.1. The molecule has 1 aliphatic rings. The van der Waals surface area contributed by atoms with Crippen LogP contribution in [0.4, 0.5) is 0 Å². The molecule has 1 aromatic carbocycles. The van der Waals surface area contributed by atoms with Gasteiger partial charge in [0.05, 0.1) is 26.4 Å². The van der Waals surface area contributed by atoms with Crippen molar-refractivity contribution in [3.05, 3.63) is 42.2 Å². The fraction of sp³-hybridized carbons (Fsp3) is 0.375. The number of ether oxygens (including phenoxy) is 2. The molecule has 1 aromatic heterocycles. The summed E-state index contributed by atoms with van der Waals surface area (Å²) in [5, 5.41) is 4.04. The van der Waals surface area contributed by atoms with Crippen LogP contribution in [0.2, 0.25) is 0 Å². The molecule has 0 unspecified atom stereocenters. The Bertz CT molecular complexity index is 620. The van der Waals surface area contributed by atoms with Gasteiger partial charge in [0, 0.05) is 18.7 Å². The Balaban J connectivity index is 1.63. The summed E-state index contributed by atoms with van der Waals surface area (Å²) in [6.45, 7) is 1.63. The fourth-order valence-corrected chi connectivity index (χ4v) is 2.32. The van der Waals surface area contributed by atoms with Crippen LogP contribution >= 0.6 is 0 Å². The van der Waals surface area contributed by atoms with Gasteiger partial charge in [0.1, 0.15) is 5.69 Å². The van der Waals surface area contributed by atoms with E-state index in [1.807, 2.05) is 36.4 Å². The van der Waals surface area contributed by atoms with Gasteiger partial charge in [-0.2, -0.15) is 0 Å². The van der Waals surface area contributed by atoms with Crippen molar-refractivity contribution in [2.75, 3.05) is 26.9 Å². The lowest BCUT2D eigenvalue weighted by Crippen LogP contribution is -2.43. The Kier molecular flexibility index (Phi) is 4.50. The van der Waals surface area contributed by atoms with E-state index in [1.165, 1.54) is 0 Å². The van der Waals surface area contributed by atoms with Gasteiger partial charge in [-0.25, -0.2) is 0 Å². The maximum Gasteiger partial charge on any atom is 0.254 e. The molecule has 0 aliphatic carbocycles. The number of hydrogen-bond donors (Lipinski definition) is 0. The van der Waals surface area contributed by atoms with Crippen LogP contribution in [0.3, 0.4) is 0 Å². The highest BCUT2D eigenvalue weighted by Crippen LogP contribution is 2.19. The van der Waals surface area contributed by atoms with Gasteiger partial charge in [-0.05, 0) is 0 Å². The summed E-state index contributed by atoms with van der Waals surface area (Å²) < 4.78 is 16.0. The number of rotatable bonds is 4. The van der Waals surface area contributed by atoms with Gasteiger partial charge in [-0.15, -0.1) is 0 Å². The highest BCUT2D eigenvalue weighted by Gasteiger charge is 2.26. The van der Waals surface area contributed by atoms with Crippen LogP contribution in [0.5, 0.6) is 0 Å².